The number of Topliss-reactive ketones (excluding diaryl/α,β-unsaturated/α-hetero) is 6. The van der Waals surface area contributed by atoms with Crippen molar-refractivity contribution in [2.45, 2.75) is 0 Å². The number of carbonyl (C=O) groups is 6. The van der Waals surface area contributed by atoms with E-state index in [0.717, 1.165) is 176 Å². The number of carbonyl (C=O) groups excluding carboxylic acids is 6. The molecule has 0 saturated heterocycles. The zero-order valence-electron chi connectivity index (χ0n) is 77.7. The van der Waals surface area contributed by atoms with E-state index in [0.29, 0.717) is 0 Å². The molecule has 0 radical (unpaired) electrons. The highest BCUT2D eigenvalue weighted by Gasteiger charge is 2.44. The number of benzene rings is 23. The average Bonchev–Trinajstić information content (AvgIpc) is 1.16. The van der Waals surface area contributed by atoms with Crippen LogP contribution in [0.5, 0.6) is 0 Å². The molecular weight excluding hydrogens is 1790 g/mol. The fraction of sp³-hybridized carbons (Fsp3) is 0.0441. The van der Waals surface area contributed by atoms with Gasteiger partial charge in [0.25, 0.3) is 0 Å². The van der Waals surface area contributed by atoms with E-state index in [9.17, 15) is 28.8 Å². The normalized spacial score (nSPS) is 17.5. The van der Waals surface area contributed by atoms with Gasteiger partial charge in [-0.1, -0.05) is 370 Å². The zero-order valence-corrected chi connectivity index (χ0v) is 78.5. The van der Waals surface area contributed by atoms with Crippen LogP contribution in [0.1, 0.15) is 16.7 Å². The quantitative estimate of drug-likeness (QED) is 0.0752. The van der Waals surface area contributed by atoms with Crippen LogP contribution in [0.2, 0.25) is 0 Å². The van der Waals surface area contributed by atoms with Gasteiger partial charge >= 0.3 is 0 Å². The molecule has 9 aliphatic carbocycles. The topological polar surface area (TPSA) is 129 Å². The van der Waals surface area contributed by atoms with Crippen LogP contribution in [0, 0.1) is 35.5 Å². The van der Waals surface area contributed by atoms with E-state index in [2.05, 4.69) is 346 Å². The Labute approximate surface area is 833 Å². The van der Waals surface area contributed by atoms with Crippen LogP contribution in [0.25, 0.3) is 266 Å². The Kier molecular flexibility index (Phi) is 18.0. The standard InChI is InChI=1S/C52H30O3.C42H24O3.C42H24O2S/c53-51-34-17-22-43(52(51)54)45(25-34)46-28-44(30-7-2-1-3-8-30)41-24-23-40-37(18-13-31-14-21-42(46)50(41)49(31)40)33-16-20-39-38-19-15-32(26-47(38)55-48(39)27-33)36-12-6-10-29-9-4-5-11-35(29)36;43-41-26-13-17-33(42(41)44)35(20-26)36-22-34(23-6-2-1-3-7-23)31-19-18-30-27(14-10-24-11-16-32(36)40(31)39(24)30)25-12-15-29-28-8-4-5-9-37(28)45-38(29)21-25;43-40-25-15-18-31(41(40)44)35(21-25)36-22-34(23-7-2-1-3-8-23)29-20-19-28-26(16-13-24-14-17-30(36)39(29)38(24)28)32-10-6-11-33-27-9-4-5-12-37(27)45-42(32)33/h1-28,34,43H;1-22,26,33H;1-22,25,31H. The van der Waals surface area contributed by atoms with Gasteiger partial charge in [-0.25, -0.2) is 0 Å². The molecule has 8 nitrogen and oxygen atoms in total. The van der Waals surface area contributed by atoms with E-state index in [1.165, 1.54) is 107 Å². The van der Waals surface area contributed by atoms with Gasteiger partial charge in [-0.2, -0.15) is 0 Å². The molecule has 26 aromatic rings. The summed E-state index contributed by atoms with van der Waals surface area (Å²) in [5.41, 5.74) is 25.3. The number of hydrogen-bond acceptors (Lipinski definition) is 9. The molecular formula is C136H78O8S. The van der Waals surface area contributed by atoms with Gasteiger partial charge in [0.1, 0.15) is 22.3 Å². The third kappa shape index (κ3) is 12.4. The minimum absolute atomic E-state index is 0.299. The number of ketones is 6. The van der Waals surface area contributed by atoms with E-state index in [-0.39, 0.29) is 34.7 Å². The minimum Gasteiger partial charge on any atom is -0.456 e. The summed E-state index contributed by atoms with van der Waals surface area (Å²) in [4.78, 5) is 77.5. The highest BCUT2D eigenvalue weighted by Crippen LogP contribution is 2.55. The van der Waals surface area contributed by atoms with Crippen LogP contribution in [-0.2, 0) is 28.8 Å². The minimum atomic E-state index is -0.561. The molecule has 0 aliphatic heterocycles. The summed E-state index contributed by atoms with van der Waals surface area (Å²) >= 11 is 1.86. The number of para-hydroxylation sites is 1. The molecule has 23 aromatic carbocycles. The van der Waals surface area contributed by atoms with Crippen molar-refractivity contribution in [1.29, 1.82) is 0 Å². The molecule has 676 valence electrons. The monoisotopic (exact) mass is 1870 g/mol. The van der Waals surface area contributed by atoms with Gasteiger partial charge in [0.2, 0.25) is 34.7 Å². The molecule has 6 atom stereocenters. The molecule has 0 N–H and O–H groups in total. The first-order valence-corrected chi connectivity index (χ1v) is 50.3. The summed E-state index contributed by atoms with van der Waals surface area (Å²) in [5.74, 6) is -4.96. The maximum absolute atomic E-state index is 13.2. The maximum atomic E-state index is 13.2. The molecule has 0 spiro atoms. The molecule has 6 unspecified atom stereocenters. The number of rotatable bonds is 10. The molecule has 0 saturated carbocycles. The second-order valence-corrected chi connectivity index (χ2v) is 40.5. The van der Waals surface area contributed by atoms with Crippen LogP contribution in [-0.4, -0.2) is 34.7 Å². The fourth-order valence-electron chi connectivity index (χ4n) is 25.1. The predicted octanol–water partition coefficient (Wildman–Crippen LogP) is 33.8. The number of allylic oxidation sites excluding steroid dienone is 12. The number of hydrogen-bond donors (Lipinski definition) is 0. The Bertz CT molecular complexity index is 10500. The summed E-state index contributed by atoms with van der Waals surface area (Å²) in [7, 11) is 0. The maximum Gasteiger partial charge on any atom is 0.210 e. The Morgan fingerprint density at radius 2 is 0.490 bits per heavy atom. The molecule has 145 heavy (non-hydrogen) atoms. The van der Waals surface area contributed by atoms with E-state index in [1.54, 1.807) is 0 Å². The third-order valence-electron chi connectivity index (χ3n) is 31.9. The molecule has 6 bridgehead atoms. The highest BCUT2D eigenvalue weighted by molar-refractivity contribution is 7.26. The summed E-state index contributed by atoms with van der Waals surface area (Å²) in [6, 6.07) is 136. The summed E-state index contributed by atoms with van der Waals surface area (Å²) in [6.07, 6.45) is 17.4. The lowest BCUT2D eigenvalue weighted by Gasteiger charge is -2.30. The van der Waals surface area contributed by atoms with Gasteiger partial charge in [-0.15, -0.1) is 11.3 Å². The Balaban J connectivity index is 0.000000102. The highest BCUT2D eigenvalue weighted by atomic mass is 32.1. The lowest BCUT2D eigenvalue weighted by atomic mass is 9.71. The van der Waals surface area contributed by atoms with Gasteiger partial charge in [0.05, 0.1) is 35.5 Å². The molecule has 9 aliphatic rings. The van der Waals surface area contributed by atoms with Crippen LogP contribution in [0.3, 0.4) is 0 Å². The van der Waals surface area contributed by atoms with Gasteiger partial charge in [-0.3, -0.25) is 28.8 Å². The Hall–Kier alpha value is -18.3. The van der Waals surface area contributed by atoms with Crippen LogP contribution >= 0.6 is 11.3 Å². The molecule has 9 heteroatoms. The summed E-state index contributed by atoms with van der Waals surface area (Å²) < 4.78 is 15.5. The van der Waals surface area contributed by atoms with Crippen molar-refractivity contribution < 1.29 is 37.6 Å². The average molecular weight is 1870 g/mol. The molecule has 3 aromatic heterocycles. The van der Waals surface area contributed by atoms with Crippen molar-refractivity contribution in [3.05, 3.63) is 454 Å². The predicted molar refractivity (Wildman–Crippen MR) is 596 cm³/mol. The van der Waals surface area contributed by atoms with Gasteiger partial charge in [0, 0.05) is 47.3 Å². The van der Waals surface area contributed by atoms with Crippen LogP contribution < -0.4 is 0 Å². The first-order chi connectivity index (χ1) is 71.4. The van der Waals surface area contributed by atoms with Crippen molar-refractivity contribution in [2.24, 2.45) is 35.5 Å². The second kappa shape index (κ2) is 31.6. The number of fused-ring (bicyclic) bond motifs is 13. The number of furan rings is 2. The van der Waals surface area contributed by atoms with Gasteiger partial charge in [-0.05, 0) is 280 Å². The van der Waals surface area contributed by atoms with Crippen LogP contribution in [0.4, 0.5) is 0 Å². The Morgan fingerprint density at radius 3 is 0.931 bits per heavy atom. The van der Waals surface area contributed by atoms with Crippen molar-refractivity contribution in [1.82, 2.24) is 0 Å². The molecule has 3 heterocycles. The van der Waals surface area contributed by atoms with Crippen LogP contribution in [0.15, 0.2) is 446 Å². The molecule has 0 amide bonds. The largest absolute Gasteiger partial charge is 0.456 e. The van der Waals surface area contributed by atoms with Gasteiger partial charge < -0.3 is 8.83 Å². The smallest absolute Gasteiger partial charge is 0.210 e. The van der Waals surface area contributed by atoms with Gasteiger partial charge in [0.15, 0.2) is 0 Å². The number of thiophene rings is 1. The second-order valence-electron chi connectivity index (χ2n) is 39.5. The summed E-state index contributed by atoms with van der Waals surface area (Å²) in [6.45, 7) is 0. The first-order valence-electron chi connectivity index (χ1n) is 49.5. The SMILES string of the molecule is O=C1C(=O)C2C=CC1C=C2c1cc(-c2ccccc2)c2ccc3c(-c4ccc5c(c4)oc4cc(-c6cccc7ccccc67)ccc45)ccc4ccc1c2c43.O=C1C(=O)C2C=CC1C=C2c1cc(-c2ccccc2)c2ccc3c(-c4ccc5c(c4)oc4ccccc45)ccc4ccc1c2c43.O=C1C(=O)C2C=CC1C=C2c1cc(-c2ccccc2)c2ccc3c(-c4cccc5c4sc4ccccc45)ccc4ccc1c2c43. The van der Waals surface area contributed by atoms with Crippen molar-refractivity contribution in [2.75, 3.05) is 0 Å². The zero-order chi connectivity index (χ0) is 96.0. The third-order valence-corrected chi connectivity index (χ3v) is 33.1. The lowest BCUT2D eigenvalue weighted by Crippen LogP contribution is -2.36. The van der Waals surface area contributed by atoms with E-state index >= 15 is 0 Å². The summed E-state index contributed by atoms with van der Waals surface area (Å²) in [5, 5.41) is 30.5. The van der Waals surface area contributed by atoms with Crippen molar-refractivity contribution in [3.63, 3.8) is 0 Å². The first kappa shape index (κ1) is 82.6. The van der Waals surface area contributed by atoms with Crippen molar-refractivity contribution in [3.8, 4) is 77.9 Å². The fourth-order valence-corrected chi connectivity index (χ4v) is 26.3. The molecule has 0 fully saturated rings. The lowest BCUT2D eigenvalue weighted by molar-refractivity contribution is -0.139. The van der Waals surface area contributed by atoms with Crippen molar-refractivity contribution >= 4 is 235 Å². The van der Waals surface area contributed by atoms with E-state index in [1.807, 2.05) is 102 Å². The Morgan fingerprint density at radius 1 is 0.179 bits per heavy atom. The van der Waals surface area contributed by atoms with E-state index in [4.69, 9.17) is 8.83 Å². The molecule has 35 rings (SSSR count). The van der Waals surface area contributed by atoms with E-state index < -0.39 is 35.5 Å².